The van der Waals surface area contributed by atoms with Crippen LogP contribution in [0.1, 0.15) is 12.6 Å². The van der Waals surface area contributed by atoms with Gasteiger partial charge in [0.15, 0.2) is 11.6 Å². The quantitative estimate of drug-likeness (QED) is 0.524. The van der Waals surface area contributed by atoms with Crippen molar-refractivity contribution in [3.8, 4) is 17.2 Å². The number of nitrogens with one attached hydrogen (secondary N) is 1. The van der Waals surface area contributed by atoms with Gasteiger partial charge in [0.1, 0.15) is 12.4 Å². The summed E-state index contributed by atoms with van der Waals surface area (Å²) in [5.41, 5.74) is 3.53. The average molecular weight is 453 g/mol. The highest BCUT2D eigenvalue weighted by molar-refractivity contribution is 6.29. The second-order valence-electron chi connectivity index (χ2n) is 7.47. The van der Waals surface area contributed by atoms with E-state index in [1.165, 1.54) is 0 Å². The van der Waals surface area contributed by atoms with Gasteiger partial charge in [-0.25, -0.2) is 9.97 Å². The number of ether oxygens (including phenoxy) is 2. The maximum Gasteiger partial charge on any atom is 0.229 e. The van der Waals surface area contributed by atoms with E-state index in [4.69, 9.17) is 21.1 Å². The van der Waals surface area contributed by atoms with E-state index < -0.39 is 0 Å². The van der Waals surface area contributed by atoms with E-state index in [0.717, 1.165) is 22.6 Å². The average Bonchev–Trinajstić information content (AvgIpc) is 3.19. The molecule has 1 aliphatic rings. The molecule has 0 atom stereocenters. The molecule has 0 radical (unpaired) electrons. The summed E-state index contributed by atoms with van der Waals surface area (Å²) in [6.45, 7) is 9.72. The van der Waals surface area contributed by atoms with Gasteiger partial charge in [-0.15, -0.1) is 0 Å². The summed E-state index contributed by atoms with van der Waals surface area (Å²) in [5.74, 6) is 2.52. The molecule has 1 aliphatic heterocycles. The van der Waals surface area contributed by atoms with Gasteiger partial charge in [0, 0.05) is 29.5 Å². The summed E-state index contributed by atoms with van der Waals surface area (Å²) >= 11 is 5.99. The lowest BCUT2D eigenvalue weighted by molar-refractivity contribution is 0.305. The number of halogens is 1. The number of imidazole rings is 1. The van der Waals surface area contributed by atoms with Crippen LogP contribution in [0.5, 0.6) is 11.5 Å². The maximum atomic E-state index is 5.99. The van der Waals surface area contributed by atoms with E-state index in [1.807, 2.05) is 48.9 Å². The first-order valence-electron chi connectivity index (χ1n) is 10.2. The standard InChI is InChI=1S/C23H25ClN6O2/c1-15(9-16(2)24)12-29-7-8-32-21-11-25-23(28-22(21)29)27-18-5-6-19(20(10-18)31-4)30-13-17(3)26-14-30/h5-6,9-11,13-14H,1,7-8,12H2,2-4H3,(H,25,27,28). The zero-order valence-electron chi connectivity index (χ0n) is 18.3. The first-order chi connectivity index (χ1) is 15.4. The molecule has 0 fully saturated rings. The maximum absolute atomic E-state index is 5.99. The molecule has 4 rings (SSSR count). The number of aryl methyl sites for hydroxylation is 1. The Morgan fingerprint density at radius 3 is 2.94 bits per heavy atom. The zero-order chi connectivity index (χ0) is 22.7. The molecule has 0 aliphatic carbocycles. The Morgan fingerprint density at radius 1 is 1.38 bits per heavy atom. The normalized spacial score (nSPS) is 13.4. The highest BCUT2D eigenvalue weighted by atomic mass is 35.5. The minimum absolute atomic E-state index is 0.460. The van der Waals surface area contributed by atoms with Gasteiger partial charge in [0.2, 0.25) is 5.95 Å². The first-order valence-corrected chi connectivity index (χ1v) is 10.5. The minimum atomic E-state index is 0.460. The van der Waals surface area contributed by atoms with E-state index in [2.05, 4.69) is 31.7 Å². The number of allylic oxidation sites excluding steroid dienone is 1. The molecule has 8 nitrogen and oxygen atoms in total. The van der Waals surface area contributed by atoms with Gasteiger partial charge in [-0.1, -0.05) is 18.2 Å². The van der Waals surface area contributed by atoms with Gasteiger partial charge in [-0.3, -0.25) is 0 Å². The largest absolute Gasteiger partial charge is 0.494 e. The first kappa shape index (κ1) is 21.7. The SMILES string of the molecule is C=C(C=C(C)Cl)CN1CCOc2cnc(Nc3ccc(-n4cnc(C)c4)c(OC)c3)nc21. The lowest BCUT2D eigenvalue weighted by atomic mass is 10.2. The number of benzene rings is 1. The predicted octanol–water partition coefficient (Wildman–Crippen LogP) is 4.62. The number of hydrogen-bond donors (Lipinski definition) is 1. The van der Waals surface area contributed by atoms with Crippen molar-refractivity contribution in [2.45, 2.75) is 13.8 Å². The topological polar surface area (TPSA) is 77.3 Å². The molecule has 0 saturated heterocycles. The summed E-state index contributed by atoms with van der Waals surface area (Å²) in [6, 6.07) is 5.80. The Hall–Kier alpha value is -3.52. The monoisotopic (exact) mass is 452 g/mol. The lowest BCUT2D eigenvalue weighted by Gasteiger charge is -2.30. The van der Waals surface area contributed by atoms with Crippen molar-refractivity contribution in [2.24, 2.45) is 0 Å². The fourth-order valence-corrected chi connectivity index (χ4v) is 3.65. The number of anilines is 3. The number of rotatable bonds is 7. The molecule has 3 heterocycles. The molecular weight excluding hydrogens is 428 g/mol. The molecule has 9 heteroatoms. The van der Waals surface area contributed by atoms with Gasteiger partial charge in [0.05, 0.1) is 37.6 Å². The van der Waals surface area contributed by atoms with E-state index >= 15 is 0 Å². The second-order valence-corrected chi connectivity index (χ2v) is 8.07. The molecule has 0 bridgehead atoms. The van der Waals surface area contributed by atoms with Crippen LogP contribution in [0.4, 0.5) is 17.5 Å². The van der Waals surface area contributed by atoms with Crippen LogP contribution in [-0.4, -0.2) is 46.3 Å². The van der Waals surface area contributed by atoms with E-state index in [1.54, 1.807) is 19.6 Å². The van der Waals surface area contributed by atoms with E-state index in [-0.39, 0.29) is 0 Å². The minimum Gasteiger partial charge on any atom is -0.494 e. The van der Waals surface area contributed by atoms with Gasteiger partial charge in [0.25, 0.3) is 0 Å². The third-order valence-electron chi connectivity index (χ3n) is 4.88. The van der Waals surface area contributed by atoms with Crippen LogP contribution in [0.3, 0.4) is 0 Å². The number of nitrogens with zero attached hydrogens (tertiary/aromatic N) is 5. The van der Waals surface area contributed by atoms with Crippen molar-refractivity contribution >= 4 is 29.1 Å². The molecule has 1 aromatic carbocycles. The van der Waals surface area contributed by atoms with Crippen LogP contribution in [0.25, 0.3) is 5.69 Å². The second kappa shape index (κ2) is 9.32. The summed E-state index contributed by atoms with van der Waals surface area (Å²) in [5, 5.41) is 3.95. The summed E-state index contributed by atoms with van der Waals surface area (Å²) in [4.78, 5) is 15.5. The molecule has 166 valence electrons. The van der Waals surface area contributed by atoms with Crippen molar-refractivity contribution in [1.29, 1.82) is 0 Å². The molecule has 0 amide bonds. The molecule has 3 aromatic rings. The van der Waals surface area contributed by atoms with Gasteiger partial charge < -0.3 is 24.3 Å². The van der Waals surface area contributed by atoms with Crippen LogP contribution >= 0.6 is 11.6 Å². The molecule has 1 N–H and O–H groups in total. The summed E-state index contributed by atoms with van der Waals surface area (Å²) < 4.78 is 13.2. The fraction of sp³-hybridized carbons (Fsp3) is 0.261. The Balaban J connectivity index is 1.57. The smallest absolute Gasteiger partial charge is 0.229 e. The fourth-order valence-electron chi connectivity index (χ4n) is 3.50. The third-order valence-corrected chi connectivity index (χ3v) is 4.99. The molecular formula is C23H25ClN6O2. The number of hydrogen-bond acceptors (Lipinski definition) is 7. The molecule has 2 aromatic heterocycles. The van der Waals surface area contributed by atoms with Crippen LogP contribution < -0.4 is 19.7 Å². The molecule has 0 saturated carbocycles. The summed E-state index contributed by atoms with van der Waals surface area (Å²) in [7, 11) is 1.64. The number of aromatic nitrogens is 4. The molecule has 0 unspecified atom stereocenters. The van der Waals surface area contributed by atoms with E-state index in [0.29, 0.717) is 48.0 Å². The number of methoxy groups -OCH3 is 1. The van der Waals surface area contributed by atoms with Gasteiger partial charge in [-0.05, 0) is 37.6 Å². The Morgan fingerprint density at radius 2 is 2.22 bits per heavy atom. The van der Waals surface area contributed by atoms with Crippen molar-refractivity contribution in [3.63, 3.8) is 0 Å². The van der Waals surface area contributed by atoms with Crippen LogP contribution in [0.15, 0.2) is 60.2 Å². The predicted molar refractivity (Wildman–Crippen MR) is 127 cm³/mol. The third kappa shape index (κ3) is 4.86. The molecule has 0 spiro atoms. The van der Waals surface area contributed by atoms with Crippen LogP contribution in [0, 0.1) is 6.92 Å². The molecule has 32 heavy (non-hydrogen) atoms. The van der Waals surface area contributed by atoms with Gasteiger partial charge >= 0.3 is 0 Å². The zero-order valence-corrected chi connectivity index (χ0v) is 19.1. The van der Waals surface area contributed by atoms with Crippen LogP contribution in [0.2, 0.25) is 0 Å². The highest BCUT2D eigenvalue weighted by Crippen LogP contribution is 2.32. The van der Waals surface area contributed by atoms with Crippen molar-refractivity contribution in [2.75, 3.05) is 37.0 Å². The Labute approximate surface area is 192 Å². The van der Waals surface area contributed by atoms with Crippen molar-refractivity contribution in [3.05, 3.63) is 65.9 Å². The number of fused-ring (bicyclic) bond motifs is 1. The Kier molecular flexibility index (Phi) is 6.32. The summed E-state index contributed by atoms with van der Waals surface area (Å²) in [6.07, 6.45) is 7.24. The highest BCUT2D eigenvalue weighted by Gasteiger charge is 2.21. The lowest BCUT2D eigenvalue weighted by Crippen LogP contribution is -2.35. The van der Waals surface area contributed by atoms with Crippen LogP contribution in [-0.2, 0) is 0 Å². The Bertz CT molecular complexity index is 1170. The van der Waals surface area contributed by atoms with E-state index in [9.17, 15) is 0 Å². The van der Waals surface area contributed by atoms with Gasteiger partial charge in [-0.2, -0.15) is 4.98 Å². The van der Waals surface area contributed by atoms with Crippen molar-refractivity contribution in [1.82, 2.24) is 19.5 Å². The van der Waals surface area contributed by atoms with Crippen molar-refractivity contribution < 1.29 is 9.47 Å².